The Bertz CT molecular complexity index is 980. The standard InChI is InChI=1S/C28H28BO4.H3N/c1-30-25-13-5-21(6-14-25)29(22-7-15-26(31-2)16-8-22,23-9-17-27(32-3)18-10-23)24-11-19-28(33-4)20-12-24;/h5-20H,1-4H3;1H3/q-1;/p+1. The smallest absolute Gasteiger partial charge is 0.118 e. The summed E-state index contributed by atoms with van der Waals surface area (Å²) in [5.41, 5.74) is 4.71. The Labute approximate surface area is 201 Å². The molecule has 4 aromatic carbocycles. The van der Waals surface area contributed by atoms with E-state index in [-0.39, 0.29) is 6.15 Å². The second-order valence-electron chi connectivity index (χ2n) is 7.96. The zero-order valence-corrected chi connectivity index (χ0v) is 20.4. The van der Waals surface area contributed by atoms with Gasteiger partial charge >= 0.3 is 0 Å². The van der Waals surface area contributed by atoms with Crippen molar-refractivity contribution in [2.45, 2.75) is 0 Å². The average molecular weight is 457 g/mol. The van der Waals surface area contributed by atoms with Crippen molar-refractivity contribution in [1.29, 1.82) is 0 Å². The predicted octanol–water partition coefficient (Wildman–Crippen LogP) is 3.47. The SMILES string of the molecule is COc1ccc([B-](c2ccc(OC)cc2)(c2ccc(OC)cc2)c2ccc(OC)cc2)cc1.[NH4+]. The minimum absolute atomic E-state index is 0. The number of ether oxygens (including phenoxy) is 4. The van der Waals surface area contributed by atoms with Gasteiger partial charge in [-0.3, -0.25) is 0 Å². The Balaban J connectivity index is 0.00000324. The van der Waals surface area contributed by atoms with Crippen LogP contribution in [0, 0.1) is 0 Å². The van der Waals surface area contributed by atoms with Crippen LogP contribution in [0.1, 0.15) is 0 Å². The van der Waals surface area contributed by atoms with Crippen molar-refractivity contribution >= 4 is 28.0 Å². The Kier molecular flexibility index (Phi) is 7.87. The van der Waals surface area contributed by atoms with Gasteiger partial charge in [0, 0.05) is 0 Å². The fourth-order valence-corrected chi connectivity index (χ4v) is 4.73. The summed E-state index contributed by atoms with van der Waals surface area (Å²) in [5.74, 6) is 3.29. The normalized spacial score (nSPS) is 10.7. The molecule has 0 aliphatic carbocycles. The third-order valence-corrected chi connectivity index (χ3v) is 6.46. The first kappa shape index (κ1) is 24.7. The van der Waals surface area contributed by atoms with E-state index in [1.807, 2.05) is 48.5 Å². The van der Waals surface area contributed by atoms with Crippen LogP contribution in [0.2, 0.25) is 0 Å². The number of methoxy groups -OCH3 is 4. The van der Waals surface area contributed by atoms with E-state index >= 15 is 0 Å². The summed E-state index contributed by atoms with van der Waals surface area (Å²) in [6.07, 6.45) is -1.52. The largest absolute Gasteiger partial charge is 0.497 e. The monoisotopic (exact) mass is 457 g/mol. The van der Waals surface area contributed by atoms with Gasteiger partial charge in [0.25, 0.3) is 0 Å². The lowest BCUT2D eigenvalue weighted by Crippen LogP contribution is -2.74. The van der Waals surface area contributed by atoms with Crippen LogP contribution in [0.3, 0.4) is 0 Å². The highest BCUT2D eigenvalue weighted by atomic mass is 16.5. The van der Waals surface area contributed by atoms with Crippen molar-refractivity contribution in [2.24, 2.45) is 0 Å². The number of hydrogen-bond donors (Lipinski definition) is 1. The maximum Gasteiger partial charge on any atom is 0.118 e. The quantitative estimate of drug-likeness (QED) is 0.412. The van der Waals surface area contributed by atoms with Crippen LogP contribution in [0.5, 0.6) is 23.0 Å². The molecule has 0 unspecified atom stereocenters. The van der Waals surface area contributed by atoms with Gasteiger partial charge in [-0.05, 0) is 48.5 Å². The molecule has 34 heavy (non-hydrogen) atoms. The van der Waals surface area contributed by atoms with Gasteiger partial charge in [-0.15, -0.1) is 0 Å². The molecule has 176 valence electrons. The van der Waals surface area contributed by atoms with Gasteiger partial charge in [0.1, 0.15) is 29.1 Å². The van der Waals surface area contributed by atoms with Gasteiger partial charge in [-0.2, -0.15) is 21.9 Å². The second kappa shape index (κ2) is 10.8. The van der Waals surface area contributed by atoms with Crippen LogP contribution in [0.15, 0.2) is 97.1 Å². The van der Waals surface area contributed by atoms with Gasteiger partial charge in [0.05, 0.1) is 28.4 Å². The fourth-order valence-electron chi connectivity index (χ4n) is 4.73. The first-order chi connectivity index (χ1) is 16.1. The van der Waals surface area contributed by atoms with E-state index in [4.69, 9.17) is 18.9 Å². The van der Waals surface area contributed by atoms with Crippen LogP contribution in [-0.4, -0.2) is 34.6 Å². The van der Waals surface area contributed by atoms with Crippen molar-refractivity contribution in [3.63, 3.8) is 0 Å². The fraction of sp³-hybridized carbons (Fsp3) is 0.143. The highest BCUT2D eigenvalue weighted by molar-refractivity contribution is 7.19. The van der Waals surface area contributed by atoms with Crippen LogP contribution >= 0.6 is 0 Å². The van der Waals surface area contributed by atoms with E-state index in [0.717, 1.165) is 23.0 Å². The van der Waals surface area contributed by atoms with Crippen LogP contribution < -0.4 is 46.9 Å². The van der Waals surface area contributed by atoms with Crippen molar-refractivity contribution in [3.05, 3.63) is 97.1 Å². The first-order valence-corrected chi connectivity index (χ1v) is 10.9. The summed E-state index contributed by atoms with van der Waals surface area (Å²) >= 11 is 0. The topological polar surface area (TPSA) is 73.4 Å². The first-order valence-electron chi connectivity index (χ1n) is 10.9. The lowest BCUT2D eigenvalue weighted by Gasteiger charge is -2.44. The molecular formula is C28H32BNO4. The molecule has 4 rings (SSSR count). The molecule has 0 radical (unpaired) electrons. The molecule has 0 bridgehead atoms. The highest BCUT2D eigenvalue weighted by Gasteiger charge is 2.32. The van der Waals surface area contributed by atoms with Crippen LogP contribution in [-0.2, 0) is 0 Å². The maximum absolute atomic E-state index is 5.45. The molecule has 0 atom stereocenters. The van der Waals surface area contributed by atoms with E-state index in [9.17, 15) is 0 Å². The summed E-state index contributed by atoms with van der Waals surface area (Å²) in [6.45, 7) is 0. The van der Waals surface area contributed by atoms with Crippen molar-refractivity contribution in [1.82, 2.24) is 6.15 Å². The zero-order valence-electron chi connectivity index (χ0n) is 20.4. The molecule has 0 aliphatic rings. The lowest BCUT2D eigenvalue weighted by molar-refractivity contribution is 0.415. The Morgan fingerprint density at radius 2 is 0.529 bits per heavy atom. The third-order valence-electron chi connectivity index (χ3n) is 6.46. The molecule has 0 spiro atoms. The molecule has 6 heteroatoms. The van der Waals surface area contributed by atoms with Crippen LogP contribution in [0.25, 0.3) is 0 Å². The summed E-state index contributed by atoms with van der Waals surface area (Å²) in [4.78, 5) is 0. The van der Waals surface area contributed by atoms with Gasteiger partial charge in [-0.1, -0.05) is 48.5 Å². The molecule has 0 heterocycles. The second-order valence-corrected chi connectivity index (χ2v) is 7.96. The molecule has 0 saturated heterocycles. The highest BCUT2D eigenvalue weighted by Crippen LogP contribution is 2.18. The third kappa shape index (κ3) is 4.45. The molecule has 0 amide bonds. The average Bonchev–Trinajstić information content (AvgIpc) is 2.90. The number of hydrogen-bond acceptors (Lipinski definition) is 4. The summed E-state index contributed by atoms with van der Waals surface area (Å²) in [5, 5.41) is 0. The minimum atomic E-state index is -1.52. The summed E-state index contributed by atoms with van der Waals surface area (Å²) in [7, 11) is 6.74. The Hall–Kier alpha value is -3.90. The van der Waals surface area contributed by atoms with E-state index in [0.29, 0.717) is 0 Å². The number of quaternary nitrogens is 1. The lowest BCUT2D eigenvalue weighted by atomic mass is 9.13. The van der Waals surface area contributed by atoms with E-state index in [1.165, 1.54) is 21.9 Å². The molecule has 0 aliphatic heterocycles. The van der Waals surface area contributed by atoms with Crippen LogP contribution in [0.4, 0.5) is 0 Å². The Morgan fingerprint density at radius 3 is 0.676 bits per heavy atom. The molecule has 5 nitrogen and oxygen atoms in total. The summed E-state index contributed by atoms with van der Waals surface area (Å²) in [6, 6.07) is 33.3. The number of rotatable bonds is 8. The predicted molar refractivity (Wildman–Crippen MR) is 142 cm³/mol. The van der Waals surface area contributed by atoms with E-state index in [2.05, 4.69) is 48.5 Å². The summed E-state index contributed by atoms with van der Waals surface area (Å²) < 4.78 is 21.8. The van der Waals surface area contributed by atoms with Crippen molar-refractivity contribution in [2.75, 3.05) is 28.4 Å². The van der Waals surface area contributed by atoms with Gasteiger partial charge < -0.3 is 25.1 Å². The molecule has 4 N–H and O–H groups in total. The van der Waals surface area contributed by atoms with Gasteiger partial charge in [0.15, 0.2) is 0 Å². The van der Waals surface area contributed by atoms with Crippen molar-refractivity contribution in [3.8, 4) is 23.0 Å². The minimum Gasteiger partial charge on any atom is -0.497 e. The van der Waals surface area contributed by atoms with E-state index < -0.39 is 6.15 Å². The van der Waals surface area contributed by atoms with Gasteiger partial charge in [0.2, 0.25) is 0 Å². The van der Waals surface area contributed by atoms with Gasteiger partial charge in [-0.25, -0.2) is 0 Å². The maximum atomic E-state index is 5.45. The van der Waals surface area contributed by atoms with Crippen molar-refractivity contribution < 1.29 is 18.9 Å². The molecule has 0 aromatic heterocycles. The molecule has 4 aromatic rings. The number of benzene rings is 4. The molecule has 0 fully saturated rings. The molecule has 0 saturated carbocycles. The molecular weight excluding hydrogens is 425 g/mol. The van der Waals surface area contributed by atoms with E-state index in [1.54, 1.807) is 28.4 Å². The Morgan fingerprint density at radius 1 is 0.353 bits per heavy atom. The zero-order chi connectivity index (χ0) is 23.3.